The molecular formula is C16H18F2O2S. The van der Waals surface area contributed by atoms with Crippen molar-refractivity contribution < 1.29 is 17.2 Å². The van der Waals surface area contributed by atoms with E-state index < -0.39 is 26.7 Å². The minimum atomic E-state index is -3.06. The zero-order valence-electron chi connectivity index (χ0n) is 11.9. The third kappa shape index (κ3) is 2.52. The smallest absolute Gasteiger partial charge is 0.162 e. The van der Waals surface area contributed by atoms with Crippen LogP contribution in [0.1, 0.15) is 36.8 Å². The van der Waals surface area contributed by atoms with E-state index in [9.17, 15) is 17.2 Å². The molecule has 2 nitrogen and oxygen atoms in total. The van der Waals surface area contributed by atoms with Crippen LogP contribution in [0.25, 0.3) is 0 Å². The summed E-state index contributed by atoms with van der Waals surface area (Å²) in [6.07, 6.45) is 4.77. The molecule has 0 amide bonds. The lowest BCUT2D eigenvalue weighted by molar-refractivity contribution is 0.490. The topological polar surface area (TPSA) is 34.1 Å². The van der Waals surface area contributed by atoms with Crippen molar-refractivity contribution in [1.82, 2.24) is 0 Å². The van der Waals surface area contributed by atoms with Crippen LogP contribution in [0.15, 0.2) is 23.8 Å². The van der Waals surface area contributed by atoms with Gasteiger partial charge in [0, 0.05) is 0 Å². The van der Waals surface area contributed by atoms with Crippen LogP contribution >= 0.6 is 0 Å². The quantitative estimate of drug-likeness (QED) is 0.784. The molecule has 21 heavy (non-hydrogen) atoms. The molecule has 0 aliphatic carbocycles. The largest absolute Gasteiger partial charge is 0.228 e. The van der Waals surface area contributed by atoms with Crippen LogP contribution in [-0.4, -0.2) is 18.9 Å². The van der Waals surface area contributed by atoms with Crippen LogP contribution in [0.5, 0.6) is 0 Å². The maximum absolute atomic E-state index is 13.9. The fraction of sp³-hybridized carbons (Fsp3) is 0.500. The summed E-state index contributed by atoms with van der Waals surface area (Å²) in [5.41, 5.74) is 1.51. The molecule has 2 unspecified atom stereocenters. The van der Waals surface area contributed by atoms with Gasteiger partial charge in [-0.25, -0.2) is 17.2 Å². The van der Waals surface area contributed by atoms with Crippen molar-refractivity contribution in [1.29, 1.82) is 0 Å². The van der Waals surface area contributed by atoms with Crippen molar-refractivity contribution in [2.75, 3.05) is 0 Å². The zero-order valence-corrected chi connectivity index (χ0v) is 12.7. The van der Waals surface area contributed by atoms with Crippen molar-refractivity contribution in [3.8, 4) is 0 Å². The molecule has 0 aromatic heterocycles. The molecule has 1 saturated heterocycles. The van der Waals surface area contributed by atoms with Gasteiger partial charge in [0.2, 0.25) is 0 Å². The molecule has 1 aromatic carbocycles. The average molecular weight is 312 g/mol. The van der Waals surface area contributed by atoms with Crippen molar-refractivity contribution in [3.63, 3.8) is 0 Å². The number of allylic oxidation sites excluding steroid dienone is 1. The van der Waals surface area contributed by atoms with Crippen molar-refractivity contribution in [2.45, 2.75) is 49.5 Å². The Labute approximate surface area is 123 Å². The molecule has 5 heteroatoms. The molecule has 2 aliphatic rings. The molecule has 0 N–H and O–H groups in total. The molecule has 114 valence electrons. The second kappa shape index (κ2) is 5.20. The van der Waals surface area contributed by atoms with Crippen LogP contribution in [0.4, 0.5) is 8.78 Å². The van der Waals surface area contributed by atoms with Crippen LogP contribution < -0.4 is 0 Å². The van der Waals surface area contributed by atoms with Gasteiger partial charge in [-0.1, -0.05) is 30.2 Å². The normalized spacial score (nSPS) is 27.3. The highest BCUT2D eigenvalue weighted by molar-refractivity contribution is 7.92. The van der Waals surface area contributed by atoms with Gasteiger partial charge in [0.1, 0.15) is 0 Å². The summed E-state index contributed by atoms with van der Waals surface area (Å²) in [5, 5.41) is -0.770. The van der Waals surface area contributed by atoms with Gasteiger partial charge in [0.25, 0.3) is 0 Å². The van der Waals surface area contributed by atoms with Crippen molar-refractivity contribution in [2.24, 2.45) is 0 Å². The van der Waals surface area contributed by atoms with Crippen LogP contribution in [-0.2, 0) is 16.3 Å². The molecule has 1 fully saturated rings. The molecule has 2 heterocycles. The van der Waals surface area contributed by atoms with Gasteiger partial charge in [-0.15, -0.1) is 0 Å². The van der Waals surface area contributed by atoms with Gasteiger partial charge < -0.3 is 0 Å². The van der Waals surface area contributed by atoms with Crippen LogP contribution in [0.3, 0.4) is 0 Å². The monoisotopic (exact) mass is 312 g/mol. The SMILES string of the molecule is Cc1ccc(CC2=CC3CCCC(C2)S3(=O)=O)c(F)c1F. The fourth-order valence-corrected chi connectivity index (χ4v) is 5.65. The Morgan fingerprint density at radius 3 is 2.67 bits per heavy atom. The average Bonchev–Trinajstić information content (AvgIpc) is 2.40. The second-order valence-corrected chi connectivity index (χ2v) is 8.51. The van der Waals surface area contributed by atoms with Gasteiger partial charge in [0.05, 0.1) is 10.5 Å². The fourth-order valence-electron chi connectivity index (χ4n) is 3.34. The number of fused-ring (bicyclic) bond motifs is 2. The standard InChI is InChI=1S/C16H18F2O2S/c1-10-5-6-12(16(18)15(10)17)7-11-8-13-3-2-4-14(9-11)21(13,19)20/h5-6,8,13-14H,2-4,7,9H2,1H3. The van der Waals surface area contributed by atoms with Gasteiger partial charge in [-0.3, -0.25) is 0 Å². The van der Waals surface area contributed by atoms with E-state index >= 15 is 0 Å². The molecule has 0 saturated carbocycles. The molecule has 2 atom stereocenters. The highest BCUT2D eigenvalue weighted by atomic mass is 32.2. The highest BCUT2D eigenvalue weighted by Crippen LogP contribution is 2.37. The summed E-state index contributed by atoms with van der Waals surface area (Å²) in [6, 6.07) is 3.15. The van der Waals surface area contributed by atoms with E-state index in [0.29, 0.717) is 31.2 Å². The zero-order chi connectivity index (χ0) is 15.2. The number of rotatable bonds is 2. The lowest BCUT2D eigenvalue weighted by Crippen LogP contribution is -2.39. The Hall–Kier alpha value is -1.23. The molecule has 1 aromatic rings. The molecule has 3 rings (SSSR count). The van der Waals surface area contributed by atoms with E-state index in [0.717, 1.165) is 12.0 Å². The van der Waals surface area contributed by atoms with E-state index in [1.807, 2.05) is 0 Å². The van der Waals surface area contributed by atoms with E-state index in [4.69, 9.17) is 0 Å². The van der Waals surface area contributed by atoms with Gasteiger partial charge >= 0.3 is 0 Å². The lowest BCUT2D eigenvalue weighted by Gasteiger charge is -2.33. The van der Waals surface area contributed by atoms with Crippen molar-refractivity contribution >= 4 is 9.84 Å². The first-order chi connectivity index (χ1) is 9.89. The summed E-state index contributed by atoms with van der Waals surface area (Å²) in [7, 11) is -3.06. The maximum Gasteiger partial charge on any atom is 0.162 e. The maximum atomic E-state index is 13.9. The van der Waals surface area contributed by atoms with E-state index in [1.165, 1.54) is 6.92 Å². The Kier molecular flexibility index (Phi) is 3.64. The number of hydrogen-bond donors (Lipinski definition) is 0. The van der Waals surface area contributed by atoms with Crippen LogP contribution in [0, 0.1) is 18.6 Å². The Bertz CT molecular complexity index is 707. The second-order valence-electron chi connectivity index (χ2n) is 6.06. The molecule has 0 spiro atoms. The van der Waals surface area contributed by atoms with Gasteiger partial charge in [-0.05, 0) is 43.7 Å². The summed E-state index contributed by atoms with van der Waals surface area (Å²) in [4.78, 5) is 0. The number of sulfone groups is 1. The minimum Gasteiger partial charge on any atom is -0.228 e. The summed E-state index contributed by atoms with van der Waals surface area (Å²) in [6.45, 7) is 1.53. The first-order valence-electron chi connectivity index (χ1n) is 7.25. The van der Waals surface area contributed by atoms with E-state index in [1.54, 1.807) is 18.2 Å². The Balaban J connectivity index is 1.90. The van der Waals surface area contributed by atoms with Crippen molar-refractivity contribution in [3.05, 3.63) is 46.5 Å². The Morgan fingerprint density at radius 2 is 1.95 bits per heavy atom. The number of halogens is 2. The summed E-state index contributed by atoms with van der Waals surface area (Å²) >= 11 is 0. The predicted molar refractivity (Wildman–Crippen MR) is 77.8 cm³/mol. The molecule has 2 aliphatic heterocycles. The first-order valence-corrected chi connectivity index (χ1v) is 8.86. The van der Waals surface area contributed by atoms with Gasteiger partial charge in [-0.2, -0.15) is 0 Å². The number of aryl methyl sites for hydroxylation is 1. The first kappa shape index (κ1) is 14.7. The number of hydrogen-bond acceptors (Lipinski definition) is 2. The summed E-state index contributed by atoms with van der Waals surface area (Å²) in [5.74, 6) is -1.62. The molecule has 0 radical (unpaired) electrons. The molecule has 2 bridgehead atoms. The highest BCUT2D eigenvalue weighted by Gasteiger charge is 2.40. The van der Waals surface area contributed by atoms with E-state index in [2.05, 4.69) is 0 Å². The number of benzene rings is 1. The van der Waals surface area contributed by atoms with Crippen LogP contribution in [0.2, 0.25) is 0 Å². The lowest BCUT2D eigenvalue weighted by atomic mass is 9.93. The Morgan fingerprint density at radius 1 is 1.19 bits per heavy atom. The van der Waals surface area contributed by atoms with E-state index in [-0.39, 0.29) is 10.8 Å². The van der Waals surface area contributed by atoms with Gasteiger partial charge in [0.15, 0.2) is 21.5 Å². The third-order valence-corrected chi connectivity index (χ3v) is 7.13. The minimum absolute atomic E-state index is 0.285. The third-order valence-electron chi connectivity index (χ3n) is 4.59. The predicted octanol–water partition coefficient (Wildman–Crippen LogP) is 3.48. The molecular weight excluding hydrogens is 294 g/mol. The summed E-state index contributed by atoms with van der Waals surface area (Å²) < 4.78 is 51.9.